The molecule has 0 saturated carbocycles. The van der Waals surface area contributed by atoms with Crippen LogP contribution in [0.3, 0.4) is 0 Å². The molecule has 150 valence electrons. The molecule has 1 unspecified atom stereocenters. The Morgan fingerprint density at radius 3 is 2.15 bits per heavy atom. The van der Waals surface area contributed by atoms with Crippen molar-refractivity contribution in [2.24, 2.45) is 5.92 Å². The molecule has 27 heavy (non-hydrogen) atoms. The molecule has 0 bridgehead atoms. The van der Waals surface area contributed by atoms with Crippen molar-refractivity contribution >= 4 is 10.9 Å². The lowest BCUT2D eigenvalue weighted by molar-refractivity contribution is 0.403. The zero-order chi connectivity index (χ0) is 18.7. The lowest BCUT2D eigenvalue weighted by atomic mass is 9.83. The third-order valence-corrected chi connectivity index (χ3v) is 6.66. The summed E-state index contributed by atoms with van der Waals surface area (Å²) < 4.78 is 0. The number of unbranched alkanes of at least 4 members (excludes halogenated alkanes) is 11. The van der Waals surface area contributed by atoms with Gasteiger partial charge in [-0.1, -0.05) is 109 Å². The summed E-state index contributed by atoms with van der Waals surface area (Å²) in [6.07, 6.45) is 22.8. The number of hydrogen-bond acceptors (Lipinski definition) is 0. The van der Waals surface area contributed by atoms with E-state index in [9.17, 15) is 0 Å². The molecule has 1 heteroatoms. The Morgan fingerprint density at radius 1 is 0.815 bits per heavy atom. The van der Waals surface area contributed by atoms with E-state index in [-0.39, 0.29) is 0 Å². The van der Waals surface area contributed by atoms with Crippen molar-refractivity contribution in [2.75, 3.05) is 0 Å². The van der Waals surface area contributed by atoms with Gasteiger partial charge in [0.15, 0.2) is 0 Å². The summed E-state index contributed by atoms with van der Waals surface area (Å²) in [5.41, 5.74) is 4.48. The van der Waals surface area contributed by atoms with Gasteiger partial charge in [-0.3, -0.25) is 0 Å². The second-order valence-electron chi connectivity index (χ2n) is 8.91. The monoisotopic (exact) mass is 367 g/mol. The molecule has 3 rings (SSSR count). The molecule has 1 aliphatic carbocycles. The number of H-pyrrole nitrogens is 1. The molecule has 1 N–H and O–H groups in total. The molecule has 1 aromatic carbocycles. The number of para-hydroxylation sites is 1. The first-order valence-electron chi connectivity index (χ1n) is 12.0. The van der Waals surface area contributed by atoms with Crippen LogP contribution in [0, 0.1) is 5.92 Å². The summed E-state index contributed by atoms with van der Waals surface area (Å²) in [7, 11) is 0. The fourth-order valence-corrected chi connectivity index (χ4v) is 4.96. The molecular weight excluding hydrogens is 326 g/mol. The first-order chi connectivity index (χ1) is 13.4. The lowest BCUT2D eigenvalue weighted by Gasteiger charge is -2.22. The summed E-state index contributed by atoms with van der Waals surface area (Å²) >= 11 is 0. The van der Waals surface area contributed by atoms with Gasteiger partial charge < -0.3 is 4.98 Å². The summed E-state index contributed by atoms with van der Waals surface area (Å²) in [6.45, 7) is 2.30. The van der Waals surface area contributed by atoms with Crippen LogP contribution in [0.4, 0.5) is 0 Å². The van der Waals surface area contributed by atoms with Gasteiger partial charge in [-0.15, -0.1) is 0 Å². The smallest absolute Gasteiger partial charge is 0.0458 e. The van der Waals surface area contributed by atoms with Gasteiger partial charge in [0.25, 0.3) is 0 Å². The summed E-state index contributed by atoms with van der Waals surface area (Å²) in [5.74, 6) is 0.917. The van der Waals surface area contributed by atoms with Crippen LogP contribution in [0.2, 0.25) is 0 Å². The minimum atomic E-state index is 0.917. The molecule has 0 fully saturated rings. The van der Waals surface area contributed by atoms with E-state index in [0.717, 1.165) is 5.92 Å². The molecule has 2 aromatic rings. The van der Waals surface area contributed by atoms with Gasteiger partial charge in [0.05, 0.1) is 0 Å². The molecule has 1 heterocycles. The largest absolute Gasteiger partial charge is 0.358 e. The highest BCUT2D eigenvalue weighted by Crippen LogP contribution is 2.33. The third kappa shape index (κ3) is 6.40. The molecule has 0 amide bonds. The van der Waals surface area contributed by atoms with E-state index in [1.165, 1.54) is 119 Å². The lowest BCUT2D eigenvalue weighted by Crippen LogP contribution is -2.13. The first-order valence-corrected chi connectivity index (χ1v) is 12.0. The van der Waals surface area contributed by atoms with Crippen molar-refractivity contribution in [3.63, 3.8) is 0 Å². The number of fused-ring (bicyclic) bond motifs is 3. The highest BCUT2D eigenvalue weighted by atomic mass is 14.7. The van der Waals surface area contributed by atoms with E-state index in [2.05, 4.69) is 36.2 Å². The van der Waals surface area contributed by atoms with Crippen LogP contribution in [-0.2, 0) is 12.8 Å². The van der Waals surface area contributed by atoms with Gasteiger partial charge in [0.1, 0.15) is 0 Å². The van der Waals surface area contributed by atoms with E-state index in [1.807, 2.05) is 0 Å². The maximum atomic E-state index is 3.65. The van der Waals surface area contributed by atoms with Crippen LogP contribution < -0.4 is 0 Å². The molecule has 1 aliphatic rings. The fourth-order valence-electron chi connectivity index (χ4n) is 4.96. The van der Waals surface area contributed by atoms with Crippen molar-refractivity contribution in [3.8, 4) is 0 Å². The Kier molecular flexibility index (Phi) is 8.78. The number of aryl methyl sites for hydroxylation is 1. The van der Waals surface area contributed by atoms with E-state index < -0.39 is 0 Å². The van der Waals surface area contributed by atoms with Crippen molar-refractivity contribution in [3.05, 3.63) is 35.5 Å². The highest BCUT2D eigenvalue weighted by Gasteiger charge is 2.21. The third-order valence-electron chi connectivity index (χ3n) is 6.66. The minimum Gasteiger partial charge on any atom is -0.358 e. The molecule has 0 saturated heterocycles. The van der Waals surface area contributed by atoms with Gasteiger partial charge >= 0.3 is 0 Å². The van der Waals surface area contributed by atoms with Crippen molar-refractivity contribution < 1.29 is 0 Å². The molecule has 1 aromatic heterocycles. The first kappa shape index (κ1) is 20.5. The fraction of sp³-hybridized carbons (Fsp3) is 0.692. The summed E-state index contributed by atoms with van der Waals surface area (Å²) in [5, 5.41) is 1.48. The van der Waals surface area contributed by atoms with Crippen LogP contribution in [0.5, 0.6) is 0 Å². The second kappa shape index (κ2) is 11.6. The summed E-state index contributed by atoms with van der Waals surface area (Å²) in [6, 6.07) is 8.87. The van der Waals surface area contributed by atoms with Crippen LogP contribution >= 0.6 is 0 Å². The maximum absolute atomic E-state index is 3.65. The number of benzene rings is 1. The Morgan fingerprint density at radius 2 is 1.44 bits per heavy atom. The van der Waals surface area contributed by atoms with E-state index in [0.29, 0.717) is 0 Å². The highest BCUT2D eigenvalue weighted by molar-refractivity contribution is 5.84. The molecule has 0 aliphatic heterocycles. The molecule has 1 atom stereocenters. The summed E-state index contributed by atoms with van der Waals surface area (Å²) in [4.78, 5) is 3.65. The number of aromatic nitrogens is 1. The number of rotatable bonds is 13. The zero-order valence-corrected chi connectivity index (χ0v) is 17.7. The van der Waals surface area contributed by atoms with Gasteiger partial charge in [-0.2, -0.15) is 0 Å². The topological polar surface area (TPSA) is 15.8 Å². The molecule has 0 radical (unpaired) electrons. The average Bonchev–Trinajstić information content (AvgIpc) is 3.07. The second-order valence-corrected chi connectivity index (χ2v) is 8.91. The van der Waals surface area contributed by atoms with Crippen molar-refractivity contribution in [1.29, 1.82) is 0 Å². The van der Waals surface area contributed by atoms with Crippen molar-refractivity contribution in [2.45, 2.75) is 110 Å². The van der Waals surface area contributed by atoms with Gasteiger partial charge in [-0.25, -0.2) is 0 Å². The molecule has 0 spiro atoms. The Hall–Kier alpha value is -1.24. The van der Waals surface area contributed by atoms with Gasteiger partial charge in [-0.05, 0) is 36.8 Å². The SMILES string of the molecule is CCCCCCCCCCCCCCC1CCc2[nH]c3ccccc3c2C1. The van der Waals surface area contributed by atoms with Crippen molar-refractivity contribution in [1.82, 2.24) is 4.98 Å². The Labute approximate surface area is 167 Å². The average molecular weight is 368 g/mol. The van der Waals surface area contributed by atoms with Crippen LogP contribution in [0.25, 0.3) is 10.9 Å². The minimum absolute atomic E-state index is 0.917. The van der Waals surface area contributed by atoms with Gasteiger partial charge in [0.2, 0.25) is 0 Å². The zero-order valence-electron chi connectivity index (χ0n) is 17.7. The predicted molar refractivity (Wildman–Crippen MR) is 120 cm³/mol. The van der Waals surface area contributed by atoms with Crippen LogP contribution in [0.1, 0.15) is 108 Å². The van der Waals surface area contributed by atoms with Crippen LogP contribution in [0.15, 0.2) is 24.3 Å². The molecular formula is C26H41N. The quantitative estimate of drug-likeness (QED) is 0.342. The maximum Gasteiger partial charge on any atom is 0.0458 e. The standard InChI is InChI=1S/C26H41N/c1-2-3-4-5-6-7-8-9-10-11-12-13-16-22-19-20-26-24(21-22)23-17-14-15-18-25(23)27-26/h14-15,17-18,22,27H,2-13,16,19-21H2,1H3. The Balaban J connectivity index is 1.23. The number of hydrogen-bond donors (Lipinski definition) is 1. The van der Waals surface area contributed by atoms with Crippen LogP contribution in [-0.4, -0.2) is 4.98 Å². The van der Waals surface area contributed by atoms with E-state index >= 15 is 0 Å². The van der Waals surface area contributed by atoms with Gasteiger partial charge in [0, 0.05) is 16.6 Å². The Bertz CT molecular complexity index is 653. The number of aromatic amines is 1. The predicted octanol–water partition coefficient (Wildman–Crippen LogP) is 8.36. The normalized spacial score (nSPS) is 16.7. The number of nitrogens with one attached hydrogen (secondary N) is 1. The van der Waals surface area contributed by atoms with E-state index in [1.54, 1.807) is 5.56 Å². The molecule has 1 nitrogen and oxygen atoms in total. The van der Waals surface area contributed by atoms with E-state index in [4.69, 9.17) is 0 Å².